The van der Waals surface area contributed by atoms with Crippen LogP contribution in [0.4, 0.5) is 5.69 Å². The van der Waals surface area contributed by atoms with Gasteiger partial charge in [-0.25, -0.2) is 0 Å². The molecule has 0 saturated heterocycles. The Labute approximate surface area is 258 Å². The zero-order chi connectivity index (χ0) is 31.9. The molecule has 0 heterocycles. The number of hydrogen-bond acceptors (Lipinski definition) is 9. The third kappa shape index (κ3) is 10.5. The first-order valence-corrected chi connectivity index (χ1v) is 15.0. The fourth-order valence-corrected chi connectivity index (χ4v) is 5.10. The van der Waals surface area contributed by atoms with E-state index in [0.717, 1.165) is 28.7 Å². The Morgan fingerprint density at radius 2 is 1.80 bits per heavy atom. The SMILES string of the molecule is COCCCOCCNC(=O)CC(=O)Nc1ccc2c(c1)C(COC(C)=O)c1cccc(C(=O)CCCOC(C)CCO)c1-2. The van der Waals surface area contributed by atoms with E-state index in [1.165, 1.54) is 6.92 Å². The fraction of sp³-hybridized carbons (Fsp3) is 0.515. The van der Waals surface area contributed by atoms with Crippen LogP contribution in [0.2, 0.25) is 0 Å². The maximum atomic E-state index is 13.3. The zero-order valence-corrected chi connectivity index (χ0v) is 25.8. The van der Waals surface area contributed by atoms with Crippen LogP contribution in [0.3, 0.4) is 0 Å². The van der Waals surface area contributed by atoms with Crippen molar-refractivity contribution in [3.05, 3.63) is 53.1 Å². The molecule has 2 aromatic rings. The standard InChI is InChI=1S/C33H44N2O9/c1-22(12-14-36)43-17-5-9-30(38)27-8-4-7-25-29(21-44-23(2)37)28-19-24(10-11-26(28)33(25)27)35-32(40)20-31(39)34-13-18-42-16-6-15-41-3/h4,7-8,10-11,19,22,29,36H,5-6,9,12-18,20-21H2,1-3H3,(H,34,39)(H,35,40). The number of nitrogens with one attached hydrogen (secondary N) is 2. The van der Waals surface area contributed by atoms with Gasteiger partial charge in [0.15, 0.2) is 5.78 Å². The van der Waals surface area contributed by atoms with Gasteiger partial charge in [-0.2, -0.15) is 0 Å². The number of fused-ring (bicyclic) bond motifs is 3. The van der Waals surface area contributed by atoms with Gasteiger partial charge in [0.2, 0.25) is 11.8 Å². The minimum atomic E-state index is -0.470. The van der Waals surface area contributed by atoms with E-state index in [1.54, 1.807) is 25.3 Å². The lowest BCUT2D eigenvalue weighted by atomic mass is 9.93. The fourth-order valence-electron chi connectivity index (χ4n) is 5.10. The molecule has 0 spiro atoms. The molecule has 44 heavy (non-hydrogen) atoms. The lowest BCUT2D eigenvalue weighted by Gasteiger charge is -2.15. The van der Waals surface area contributed by atoms with Gasteiger partial charge in [-0.1, -0.05) is 24.3 Å². The van der Waals surface area contributed by atoms with Gasteiger partial charge in [0.25, 0.3) is 0 Å². The summed E-state index contributed by atoms with van der Waals surface area (Å²) in [6.07, 6.45) is 1.72. The van der Waals surface area contributed by atoms with Crippen LogP contribution in [-0.4, -0.2) is 88.1 Å². The van der Waals surface area contributed by atoms with E-state index in [0.29, 0.717) is 63.5 Å². The Kier molecular flexibility index (Phi) is 14.4. The van der Waals surface area contributed by atoms with E-state index >= 15 is 0 Å². The first kappa shape index (κ1) is 34.8. The van der Waals surface area contributed by atoms with Gasteiger partial charge >= 0.3 is 5.97 Å². The van der Waals surface area contributed by atoms with E-state index in [-0.39, 0.29) is 37.4 Å². The average molecular weight is 613 g/mol. The molecular formula is C33H44N2O9. The third-order valence-corrected chi connectivity index (χ3v) is 7.22. The van der Waals surface area contributed by atoms with Crippen LogP contribution in [0.15, 0.2) is 36.4 Å². The number of anilines is 1. The van der Waals surface area contributed by atoms with Crippen molar-refractivity contribution < 1.29 is 43.2 Å². The summed E-state index contributed by atoms with van der Waals surface area (Å²) in [5, 5.41) is 14.5. The number of carbonyl (C=O) groups is 4. The van der Waals surface area contributed by atoms with Crippen molar-refractivity contribution in [2.75, 3.05) is 58.6 Å². The third-order valence-electron chi connectivity index (χ3n) is 7.22. The second-order valence-corrected chi connectivity index (χ2v) is 10.7. The highest BCUT2D eigenvalue weighted by molar-refractivity contribution is 6.06. The van der Waals surface area contributed by atoms with Crippen LogP contribution in [0.1, 0.15) is 73.4 Å². The van der Waals surface area contributed by atoms with E-state index in [2.05, 4.69) is 10.6 Å². The predicted octanol–water partition coefficient (Wildman–Crippen LogP) is 3.61. The molecule has 2 aromatic carbocycles. The number of carbonyl (C=O) groups excluding carboxylic acids is 4. The van der Waals surface area contributed by atoms with E-state index in [4.69, 9.17) is 24.1 Å². The van der Waals surface area contributed by atoms with Crippen molar-refractivity contribution in [3.8, 4) is 11.1 Å². The number of Topliss-reactive ketones (excluding diaryl/α,β-unsaturated/α-hetero) is 1. The van der Waals surface area contributed by atoms with Crippen LogP contribution < -0.4 is 10.6 Å². The molecule has 11 nitrogen and oxygen atoms in total. The van der Waals surface area contributed by atoms with Crippen molar-refractivity contribution in [1.82, 2.24) is 5.32 Å². The number of amides is 2. The van der Waals surface area contributed by atoms with Gasteiger partial charge < -0.3 is 34.7 Å². The Morgan fingerprint density at radius 1 is 0.977 bits per heavy atom. The molecule has 2 unspecified atom stereocenters. The molecule has 0 bridgehead atoms. The minimum absolute atomic E-state index is 0.0249. The lowest BCUT2D eigenvalue weighted by molar-refractivity contribution is -0.141. The van der Waals surface area contributed by atoms with Crippen molar-refractivity contribution in [2.45, 2.75) is 58.0 Å². The molecule has 1 aliphatic carbocycles. The summed E-state index contributed by atoms with van der Waals surface area (Å²) >= 11 is 0. The quantitative estimate of drug-likeness (QED) is 0.0882. The molecule has 0 fully saturated rings. The maximum absolute atomic E-state index is 13.3. The summed E-state index contributed by atoms with van der Waals surface area (Å²) in [4.78, 5) is 49.9. The Morgan fingerprint density at radius 3 is 2.55 bits per heavy atom. The summed E-state index contributed by atoms with van der Waals surface area (Å²) < 4.78 is 21.4. The van der Waals surface area contributed by atoms with Gasteiger partial charge in [0.1, 0.15) is 13.0 Å². The number of esters is 1. The van der Waals surface area contributed by atoms with Gasteiger partial charge in [0, 0.05) is 70.6 Å². The number of rotatable bonds is 20. The molecule has 0 aliphatic heterocycles. The van der Waals surface area contributed by atoms with Gasteiger partial charge in [-0.3, -0.25) is 19.2 Å². The molecule has 240 valence electrons. The highest BCUT2D eigenvalue weighted by atomic mass is 16.5. The Hall–Kier alpha value is -3.64. The predicted molar refractivity (Wildman–Crippen MR) is 165 cm³/mol. The normalized spacial score (nSPS) is 14.0. The summed E-state index contributed by atoms with van der Waals surface area (Å²) in [5.74, 6) is -1.66. The van der Waals surface area contributed by atoms with Crippen molar-refractivity contribution in [3.63, 3.8) is 0 Å². The summed E-state index contributed by atoms with van der Waals surface area (Å²) in [7, 11) is 1.62. The second-order valence-electron chi connectivity index (χ2n) is 10.7. The average Bonchev–Trinajstić information content (AvgIpc) is 3.30. The highest BCUT2D eigenvalue weighted by Crippen LogP contribution is 2.47. The smallest absolute Gasteiger partial charge is 0.302 e. The van der Waals surface area contributed by atoms with E-state index < -0.39 is 17.8 Å². The number of ketones is 1. The highest BCUT2D eigenvalue weighted by Gasteiger charge is 2.33. The Bertz CT molecular complexity index is 1280. The lowest BCUT2D eigenvalue weighted by Crippen LogP contribution is -2.30. The number of aliphatic hydroxyl groups is 1. The molecule has 0 aromatic heterocycles. The monoisotopic (exact) mass is 612 g/mol. The summed E-state index contributed by atoms with van der Waals surface area (Å²) in [6.45, 7) is 5.55. The van der Waals surface area contributed by atoms with Crippen LogP contribution in [0.25, 0.3) is 11.1 Å². The maximum Gasteiger partial charge on any atom is 0.302 e. The van der Waals surface area contributed by atoms with Crippen molar-refractivity contribution >= 4 is 29.3 Å². The van der Waals surface area contributed by atoms with Crippen molar-refractivity contribution in [2.24, 2.45) is 0 Å². The van der Waals surface area contributed by atoms with Crippen LogP contribution in [0, 0.1) is 0 Å². The first-order valence-electron chi connectivity index (χ1n) is 15.0. The zero-order valence-electron chi connectivity index (χ0n) is 25.8. The number of benzene rings is 2. The first-order chi connectivity index (χ1) is 21.2. The molecule has 3 rings (SSSR count). The van der Waals surface area contributed by atoms with Crippen LogP contribution in [0.5, 0.6) is 0 Å². The van der Waals surface area contributed by atoms with Crippen LogP contribution in [-0.2, 0) is 33.3 Å². The van der Waals surface area contributed by atoms with Gasteiger partial charge in [0.05, 0.1) is 12.7 Å². The van der Waals surface area contributed by atoms with Crippen molar-refractivity contribution in [1.29, 1.82) is 0 Å². The molecule has 2 atom stereocenters. The number of hydrogen-bond donors (Lipinski definition) is 3. The summed E-state index contributed by atoms with van der Waals surface area (Å²) in [5.41, 5.74) is 4.37. The number of ether oxygens (including phenoxy) is 4. The molecule has 0 saturated carbocycles. The topological polar surface area (TPSA) is 149 Å². The second kappa shape index (κ2) is 18.2. The van der Waals surface area contributed by atoms with Gasteiger partial charge in [-0.15, -0.1) is 0 Å². The van der Waals surface area contributed by atoms with E-state index in [1.807, 2.05) is 25.1 Å². The van der Waals surface area contributed by atoms with Crippen LogP contribution >= 0.6 is 0 Å². The van der Waals surface area contributed by atoms with E-state index in [9.17, 15) is 19.2 Å². The van der Waals surface area contributed by atoms with Gasteiger partial charge in [-0.05, 0) is 60.6 Å². The minimum Gasteiger partial charge on any atom is -0.465 e. The molecule has 11 heteroatoms. The molecule has 3 N–H and O–H groups in total. The summed E-state index contributed by atoms with van der Waals surface area (Å²) in [6, 6.07) is 10.9. The largest absolute Gasteiger partial charge is 0.465 e. The molecule has 0 radical (unpaired) electrons. The molecule has 2 amide bonds. The Balaban J connectivity index is 1.68. The number of aliphatic hydroxyl groups excluding tert-OH is 1. The molecular weight excluding hydrogens is 568 g/mol. The number of methoxy groups -OCH3 is 1. The molecule has 1 aliphatic rings.